The number of anilines is 1. The fraction of sp³-hybridized carbons (Fsp3) is 0.500. The van der Waals surface area contributed by atoms with Crippen LogP contribution in [0.5, 0.6) is 0 Å². The molecule has 1 heterocycles. The van der Waals surface area contributed by atoms with Gasteiger partial charge in [0, 0.05) is 24.7 Å². The van der Waals surface area contributed by atoms with Crippen LogP contribution in [0.1, 0.15) is 37.0 Å². The number of benzene rings is 1. The van der Waals surface area contributed by atoms with E-state index in [1.165, 1.54) is 13.0 Å². The van der Waals surface area contributed by atoms with Gasteiger partial charge in [-0.3, -0.25) is 14.9 Å². The highest BCUT2D eigenvalue weighted by Crippen LogP contribution is 2.32. The van der Waals surface area contributed by atoms with Gasteiger partial charge in [-0.05, 0) is 37.8 Å². The fourth-order valence-corrected chi connectivity index (χ4v) is 2.56. The summed E-state index contributed by atoms with van der Waals surface area (Å²) in [5, 5.41) is 11.2. The van der Waals surface area contributed by atoms with E-state index >= 15 is 0 Å². The van der Waals surface area contributed by atoms with Crippen molar-refractivity contribution in [3.05, 3.63) is 33.9 Å². The van der Waals surface area contributed by atoms with Gasteiger partial charge in [-0.25, -0.2) is 0 Å². The minimum absolute atomic E-state index is 0.0294. The molecule has 1 aliphatic rings. The van der Waals surface area contributed by atoms with Gasteiger partial charge in [0.25, 0.3) is 5.69 Å². The lowest BCUT2D eigenvalue weighted by atomic mass is 9.99. The summed E-state index contributed by atoms with van der Waals surface area (Å²) in [5.41, 5.74) is 1.05. The Morgan fingerprint density at radius 1 is 1.47 bits per heavy atom. The van der Waals surface area contributed by atoms with Crippen LogP contribution in [0.25, 0.3) is 0 Å². The molecule has 0 spiro atoms. The molecule has 0 aromatic heterocycles. The lowest BCUT2D eigenvalue weighted by Gasteiger charge is -2.32. The molecule has 2 rings (SSSR count). The molecule has 0 unspecified atom stereocenters. The molecule has 102 valence electrons. The third-order valence-corrected chi connectivity index (χ3v) is 3.58. The third-order valence-electron chi connectivity index (χ3n) is 3.58. The van der Waals surface area contributed by atoms with E-state index < -0.39 is 4.92 Å². The van der Waals surface area contributed by atoms with Crippen molar-refractivity contribution < 1.29 is 9.72 Å². The molecule has 0 N–H and O–H groups in total. The second-order valence-corrected chi connectivity index (χ2v) is 5.21. The molecule has 5 heteroatoms. The first kappa shape index (κ1) is 13.5. The van der Waals surface area contributed by atoms with Crippen LogP contribution >= 0.6 is 0 Å². The summed E-state index contributed by atoms with van der Waals surface area (Å²) in [5.74, 6) is 0.391. The first-order chi connectivity index (χ1) is 8.99. The van der Waals surface area contributed by atoms with Crippen molar-refractivity contribution in [3.63, 3.8) is 0 Å². The Labute approximate surface area is 112 Å². The lowest BCUT2D eigenvalue weighted by Crippen LogP contribution is -2.34. The molecular formula is C14H18N2O3. The van der Waals surface area contributed by atoms with Crippen LogP contribution in [-0.4, -0.2) is 23.8 Å². The van der Waals surface area contributed by atoms with E-state index in [1.807, 2.05) is 0 Å². The zero-order valence-corrected chi connectivity index (χ0v) is 11.3. The monoisotopic (exact) mass is 262 g/mol. The number of carbonyl (C=O) groups is 1. The standard InChI is InChI=1S/C14H18N2O3/c1-10-4-3-7-15(9-10)13-6-5-12(11(2)17)8-14(13)16(18)19/h5-6,8,10H,3-4,7,9H2,1-2H3/t10-/m1/s1. The van der Waals surface area contributed by atoms with Gasteiger partial charge in [0.1, 0.15) is 5.69 Å². The molecule has 1 aromatic rings. The van der Waals surface area contributed by atoms with Crippen LogP contribution in [0.3, 0.4) is 0 Å². The number of carbonyl (C=O) groups excluding carboxylic acids is 1. The Bertz CT molecular complexity index is 513. The summed E-state index contributed by atoms with van der Waals surface area (Å²) in [4.78, 5) is 24.2. The van der Waals surface area contributed by atoms with Gasteiger partial charge >= 0.3 is 0 Å². The fourth-order valence-electron chi connectivity index (χ4n) is 2.56. The number of rotatable bonds is 3. The predicted octanol–water partition coefficient (Wildman–Crippen LogP) is 3.03. The summed E-state index contributed by atoms with van der Waals surface area (Å²) in [6.45, 7) is 5.24. The normalized spacial score (nSPS) is 19.3. The molecule has 0 saturated carbocycles. The Balaban J connectivity index is 2.38. The predicted molar refractivity (Wildman–Crippen MR) is 73.7 cm³/mol. The Kier molecular flexibility index (Phi) is 3.83. The topological polar surface area (TPSA) is 63.5 Å². The molecule has 1 fully saturated rings. The number of piperidine rings is 1. The van der Waals surface area contributed by atoms with Gasteiger partial charge in [0.2, 0.25) is 0 Å². The number of ketones is 1. The summed E-state index contributed by atoms with van der Waals surface area (Å²) in [7, 11) is 0. The van der Waals surface area contributed by atoms with Crippen molar-refractivity contribution >= 4 is 17.2 Å². The van der Waals surface area contributed by atoms with E-state index in [1.54, 1.807) is 12.1 Å². The summed E-state index contributed by atoms with van der Waals surface area (Å²) in [6, 6.07) is 4.76. The van der Waals surface area contributed by atoms with E-state index in [0.29, 0.717) is 17.2 Å². The highest BCUT2D eigenvalue weighted by molar-refractivity contribution is 5.95. The second-order valence-electron chi connectivity index (χ2n) is 5.21. The molecule has 19 heavy (non-hydrogen) atoms. The number of Topliss-reactive ketones (excluding diaryl/α,β-unsaturated/α-hetero) is 1. The molecule has 0 aliphatic carbocycles. The zero-order valence-electron chi connectivity index (χ0n) is 11.3. The van der Waals surface area contributed by atoms with Gasteiger partial charge in [-0.1, -0.05) is 6.92 Å². The summed E-state index contributed by atoms with van der Waals surface area (Å²) < 4.78 is 0. The summed E-state index contributed by atoms with van der Waals surface area (Å²) >= 11 is 0. The van der Waals surface area contributed by atoms with Crippen LogP contribution in [0, 0.1) is 16.0 Å². The minimum Gasteiger partial charge on any atom is -0.366 e. The van der Waals surface area contributed by atoms with Crippen LogP contribution in [0.2, 0.25) is 0 Å². The average molecular weight is 262 g/mol. The van der Waals surface area contributed by atoms with Crippen molar-refractivity contribution in [2.45, 2.75) is 26.7 Å². The van der Waals surface area contributed by atoms with Crippen LogP contribution < -0.4 is 4.90 Å². The quantitative estimate of drug-likeness (QED) is 0.477. The van der Waals surface area contributed by atoms with Crippen LogP contribution in [-0.2, 0) is 0 Å². The van der Waals surface area contributed by atoms with Crippen molar-refractivity contribution in [2.75, 3.05) is 18.0 Å². The van der Waals surface area contributed by atoms with Gasteiger partial charge in [-0.15, -0.1) is 0 Å². The Hall–Kier alpha value is -1.91. The zero-order chi connectivity index (χ0) is 14.0. The molecule has 1 aliphatic heterocycles. The van der Waals surface area contributed by atoms with Gasteiger partial charge in [-0.2, -0.15) is 0 Å². The van der Waals surface area contributed by atoms with E-state index in [9.17, 15) is 14.9 Å². The molecular weight excluding hydrogens is 244 g/mol. The first-order valence-electron chi connectivity index (χ1n) is 6.53. The van der Waals surface area contributed by atoms with Gasteiger partial charge in [0.15, 0.2) is 5.78 Å². The molecule has 1 saturated heterocycles. The molecule has 0 radical (unpaired) electrons. The minimum atomic E-state index is -0.402. The molecule has 5 nitrogen and oxygen atoms in total. The van der Waals surface area contributed by atoms with E-state index in [0.717, 1.165) is 25.9 Å². The maximum Gasteiger partial charge on any atom is 0.293 e. The smallest absolute Gasteiger partial charge is 0.293 e. The molecule has 0 bridgehead atoms. The van der Waals surface area contributed by atoms with Crippen LogP contribution in [0.15, 0.2) is 18.2 Å². The average Bonchev–Trinajstić information content (AvgIpc) is 2.37. The molecule has 0 amide bonds. The highest BCUT2D eigenvalue weighted by Gasteiger charge is 2.24. The Morgan fingerprint density at radius 3 is 2.79 bits per heavy atom. The molecule has 1 aromatic carbocycles. The summed E-state index contributed by atoms with van der Waals surface area (Å²) in [6.07, 6.45) is 2.21. The van der Waals surface area contributed by atoms with Gasteiger partial charge in [0.05, 0.1) is 4.92 Å². The highest BCUT2D eigenvalue weighted by atomic mass is 16.6. The number of nitro benzene ring substituents is 1. The third kappa shape index (κ3) is 2.92. The molecule has 1 atom stereocenters. The maximum absolute atomic E-state index is 11.3. The van der Waals surface area contributed by atoms with Gasteiger partial charge < -0.3 is 4.90 Å². The maximum atomic E-state index is 11.3. The SMILES string of the molecule is CC(=O)c1ccc(N2CCC[C@@H](C)C2)c([N+](=O)[O-])c1. The number of nitro groups is 1. The lowest BCUT2D eigenvalue weighted by molar-refractivity contribution is -0.384. The Morgan fingerprint density at radius 2 is 2.21 bits per heavy atom. The van der Waals surface area contributed by atoms with E-state index in [-0.39, 0.29) is 11.5 Å². The van der Waals surface area contributed by atoms with E-state index in [2.05, 4.69) is 11.8 Å². The van der Waals surface area contributed by atoms with Crippen molar-refractivity contribution in [3.8, 4) is 0 Å². The first-order valence-corrected chi connectivity index (χ1v) is 6.53. The number of nitrogens with zero attached hydrogens (tertiary/aromatic N) is 2. The van der Waals surface area contributed by atoms with Crippen molar-refractivity contribution in [2.24, 2.45) is 5.92 Å². The number of hydrogen-bond donors (Lipinski definition) is 0. The second kappa shape index (κ2) is 5.38. The van der Waals surface area contributed by atoms with Crippen molar-refractivity contribution in [1.82, 2.24) is 0 Å². The van der Waals surface area contributed by atoms with E-state index in [4.69, 9.17) is 0 Å². The largest absolute Gasteiger partial charge is 0.366 e. The van der Waals surface area contributed by atoms with Crippen LogP contribution in [0.4, 0.5) is 11.4 Å². The number of hydrogen-bond acceptors (Lipinski definition) is 4. The van der Waals surface area contributed by atoms with Crippen molar-refractivity contribution in [1.29, 1.82) is 0 Å².